The molecular weight excluding hydrogens is 404 g/mol. The van der Waals surface area contributed by atoms with Crippen LogP contribution in [-0.4, -0.2) is 38.7 Å². The quantitative estimate of drug-likeness (QED) is 0.498. The molecule has 0 spiro atoms. The molecule has 0 unspecified atom stereocenters. The summed E-state index contributed by atoms with van der Waals surface area (Å²) >= 11 is 0. The molecule has 0 saturated carbocycles. The van der Waals surface area contributed by atoms with Crippen LogP contribution < -0.4 is 10.1 Å². The van der Waals surface area contributed by atoms with Crippen LogP contribution in [0.25, 0.3) is 11.3 Å². The van der Waals surface area contributed by atoms with Crippen molar-refractivity contribution in [3.8, 4) is 17.1 Å². The molecule has 1 N–H and O–H groups in total. The highest BCUT2D eigenvalue weighted by Crippen LogP contribution is 2.23. The fourth-order valence-electron chi connectivity index (χ4n) is 2.86. The van der Waals surface area contributed by atoms with Crippen molar-refractivity contribution in [2.75, 3.05) is 19.4 Å². The molecule has 0 atom stereocenters. The summed E-state index contributed by atoms with van der Waals surface area (Å²) in [6.45, 7) is 0.299. The topological polar surface area (TPSA) is 98.5 Å². The second-order valence-corrected chi connectivity index (χ2v) is 8.79. The molecule has 0 fully saturated rings. The molecule has 3 aromatic rings. The first kappa shape index (κ1) is 21.6. The number of benzene rings is 2. The number of carbonyl (C=O) groups excluding carboxylic acids is 1. The standard InChI is InChI=1S/C22H24N2O5S/c1-28-18-10-8-17(9-11-18)20-16-24-22(29-20)13-12-21(25)23-14-5-15-30(26,27)19-6-3-2-4-7-19/h2-4,6-11,16H,5,12-15H2,1H3,(H,23,25). The van der Waals surface area contributed by atoms with Gasteiger partial charge in [0.2, 0.25) is 5.91 Å². The summed E-state index contributed by atoms with van der Waals surface area (Å²) in [4.78, 5) is 16.5. The van der Waals surface area contributed by atoms with Crippen LogP contribution in [0.5, 0.6) is 5.75 Å². The van der Waals surface area contributed by atoms with Gasteiger partial charge in [0.25, 0.3) is 0 Å². The minimum Gasteiger partial charge on any atom is -0.497 e. The van der Waals surface area contributed by atoms with Gasteiger partial charge in [-0.25, -0.2) is 13.4 Å². The average Bonchev–Trinajstić information content (AvgIpc) is 3.25. The second-order valence-electron chi connectivity index (χ2n) is 6.68. The lowest BCUT2D eigenvalue weighted by Gasteiger charge is -2.06. The summed E-state index contributed by atoms with van der Waals surface area (Å²) in [7, 11) is -1.72. The van der Waals surface area contributed by atoms with Crippen LogP contribution in [0.15, 0.2) is 70.1 Å². The third kappa shape index (κ3) is 5.93. The van der Waals surface area contributed by atoms with E-state index in [9.17, 15) is 13.2 Å². The largest absolute Gasteiger partial charge is 0.497 e. The number of hydrogen-bond donors (Lipinski definition) is 1. The van der Waals surface area contributed by atoms with Gasteiger partial charge in [0.1, 0.15) is 5.75 Å². The Bertz CT molecular complexity index is 1060. The Balaban J connectivity index is 1.40. The summed E-state index contributed by atoms with van der Waals surface area (Å²) in [6, 6.07) is 15.7. The lowest BCUT2D eigenvalue weighted by atomic mass is 10.2. The van der Waals surface area contributed by atoms with Crippen LogP contribution in [0, 0.1) is 0 Å². The van der Waals surface area contributed by atoms with Crippen molar-refractivity contribution in [1.82, 2.24) is 10.3 Å². The molecule has 1 amide bonds. The number of nitrogens with zero attached hydrogens (tertiary/aromatic N) is 1. The molecule has 2 aromatic carbocycles. The number of rotatable bonds is 10. The third-order valence-electron chi connectivity index (χ3n) is 4.51. The molecule has 0 aliphatic heterocycles. The molecule has 158 valence electrons. The molecule has 0 bridgehead atoms. The fourth-order valence-corrected chi connectivity index (χ4v) is 4.19. The van der Waals surface area contributed by atoms with Crippen molar-refractivity contribution >= 4 is 15.7 Å². The van der Waals surface area contributed by atoms with E-state index in [1.165, 1.54) is 0 Å². The maximum absolute atomic E-state index is 12.2. The highest BCUT2D eigenvalue weighted by molar-refractivity contribution is 7.91. The monoisotopic (exact) mass is 428 g/mol. The third-order valence-corrected chi connectivity index (χ3v) is 6.32. The molecule has 8 heteroatoms. The van der Waals surface area contributed by atoms with E-state index in [2.05, 4.69) is 10.3 Å². The van der Waals surface area contributed by atoms with Gasteiger partial charge in [-0.1, -0.05) is 18.2 Å². The molecular formula is C22H24N2O5S. The lowest BCUT2D eigenvalue weighted by molar-refractivity contribution is -0.121. The van der Waals surface area contributed by atoms with Gasteiger partial charge >= 0.3 is 0 Å². The molecule has 0 radical (unpaired) electrons. The molecule has 0 saturated heterocycles. The Labute approximate surface area is 176 Å². The van der Waals surface area contributed by atoms with Crippen molar-refractivity contribution < 1.29 is 22.4 Å². The van der Waals surface area contributed by atoms with E-state index in [0.29, 0.717) is 35.9 Å². The minimum absolute atomic E-state index is 0.0117. The van der Waals surface area contributed by atoms with E-state index in [1.54, 1.807) is 43.6 Å². The maximum atomic E-state index is 12.2. The first-order valence-corrected chi connectivity index (χ1v) is 11.3. The normalized spacial score (nSPS) is 11.2. The summed E-state index contributed by atoms with van der Waals surface area (Å²) in [5, 5.41) is 2.74. The lowest BCUT2D eigenvalue weighted by Crippen LogP contribution is -2.26. The van der Waals surface area contributed by atoms with Crippen molar-refractivity contribution in [2.24, 2.45) is 0 Å². The number of hydrogen-bond acceptors (Lipinski definition) is 6. The molecule has 1 heterocycles. The Kier molecular flexibility index (Phi) is 7.24. The highest BCUT2D eigenvalue weighted by atomic mass is 32.2. The number of oxazole rings is 1. The van der Waals surface area contributed by atoms with Gasteiger partial charge in [-0.2, -0.15) is 0 Å². The van der Waals surface area contributed by atoms with Gasteiger partial charge in [-0.05, 0) is 42.8 Å². The number of aromatic nitrogens is 1. The van der Waals surface area contributed by atoms with Crippen LogP contribution in [0.3, 0.4) is 0 Å². The van der Waals surface area contributed by atoms with Crippen molar-refractivity contribution in [3.63, 3.8) is 0 Å². The predicted octanol–water partition coefficient (Wildman–Crippen LogP) is 3.26. The van der Waals surface area contributed by atoms with E-state index in [-0.39, 0.29) is 18.1 Å². The Hall–Kier alpha value is -3.13. The molecule has 3 rings (SSSR count). The van der Waals surface area contributed by atoms with Crippen LogP contribution in [0.2, 0.25) is 0 Å². The van der Waals surface area contributed by atoms with Crippen molar-refractivity contribution in [2.45, 2.75) is 24.2 Å². The molecule has 30 heavy (non-hydrogen) atoms. The van der Waals surface area contributed by atoms with Gasteiger partial charge in [-0.15, -0.1) is 0 Å². The zero-order valence-electron chi connectivity index (χ0n) is 16.7. The maximum Gasteiger partial charge on any atom is 0.220 e. The zero-order chi connectivity index (χ0) is 21.4. The zero-order valence-corrected chi connectivity index (χ0v) is 17.5. The van der Waals surface area contributed by atoms with Crippen LogP contribution >= 0.6 is 0 Å². The Morgan fingerprint density at radius 1 is 1.10 bits per heavy atom. The van der Waals surface area contributed by atoms with Crippen molar-refractivity contribution in [1.29, 1.82) is 0 Å². The van der Waals surface area contributed by atoms with E-state index >= 15 is 0 Å². The number of amides is 1. The smallest absolute Gasteiger partial charge is 0.220 e. The first-order chi connectivity index (χ1) is 14.5. The minimum atomic E-state index is -3.33. The number of methoxy groups -OCH3 is 1. The number of nitrogens with one attached hydrogen (secondary N) is 1. The number of aryl methyl sites for hydroxylation is 1. The van der Waals surface area contributed by atoms with Gasteiger partial charge in [0.15, 0.2) is 21.5 Å². The van der Waals surface area contributed by atoms with Crippen molar-refractivity contribution in [3.05, 3.63) is 66.7 Å². The number of ether oxygens (including phenoxy) is 1. The Morgan fingerprint density at radius 3 is 2.53 bits per heavy atom. The summed E-state index contributed by atoms with van der Waals surface area (Å²) in [5.41, 5.74) is 0.874. The van der Waals surface area contributed by atoms with Gasteiger partial charge < -0.3 is 14.5 Å². The van der Waals surface area contributed by atoms with Crippen LogP contribution in [-0.2, 0) is 21.1 Å². The fraction of sp³-hybridized carbons (Fsp3) is 0.273. The van der Waals surface area contributed by atoms with E-state index in [0.717, 1.165) is 11.3 Å². The summed E-state index contributed by atoms with van der Waals surface area (Å²) < 4.78 is 35.2. The average molecular weight is 429 g/mol. The molecule has 0 aliphatic carbocycles. The summed E-state index contributed by atoms with van der Waals surface area (Å²) in [5.74, 6) is 1.67. The highest BCUT2D eigenvalue weighted by Gasteiger charge is 2.14. The van der Waals surface area contributed by atoms with Gasteiger partial charge in [-0.3, -0.25) is 4.79 Å². The Morgan fingerprint density at radius 2 is 1.83 bits per heavy atom. The number of sulfone groups is 1. The van der Waals surface area contributed by atoms with Crippen LogP contribution in [0.1, 0.15) is 18.7 Å². The van der Waals surface area contributed by atoms with Gasteiger partial charge in [0.05, 0.1) is 24.0 Å². The first-order valence-electron chi connectivity index (χ1n) is 9.61. The van der Waals surface area contributed by atoms with Crippen LogP contribution in [0.4, 0.5) is 0 Å². The van der Waals surface area contributed by atoms with E-state index < -0.39 is 9.84 Å². The second kappa shape index (κ2) is 10.1. The SMILES string of the molecule is COc1ccc(-c2cnc(CCC(=O)NCCCS(=O)(=O)c3ccccc3)o2)cc1. The van der Waals surface area contributed by atoms with Gasteiger partial charge in [0, 0.05) is 24.9 Å². The molecule has 1 aromatic heterocycles. The molecule has 7 nitrogen and oxygen atoms in total. The number of carbonyl (C=O) groups is 1. The van der Waals surface area contributed by atoms with E-state index in [4.69, 9.17) is 9.15 Å². The summed E-state index contributed by atoms with van der Waals surface area (Å²) in [6.07, 6.45) is 2.56. The van der Waals surface area contributed by atoms with E-state index in [1.807, 2.05) is 24.3 Å². The molecule has 0 aliphatic rings. The predicted molar refractivity (Wildman–Crippen MR) is 113 cm³/mol.